The van der Waals surface area contributed by atoms with Gasteiger partial charge in [-0.15, -0.1) is 0 Å². The van der Waals surface area contributed by atoms with E-state index in [9.17, 15) is 4.79 Å². The molecule has 0 fully saturated rings. The third-order valence-corrected chi connectivity index (χ3v) is 4.78. The molecule has 4 rings (SSSR count). The monoisotopic (exact) mass is 392 g/mol. The average molecular weight is 393 g/mol. The van der Waals surface area contributed by atoms with Gasteiger partial charge in [0.1, 0.15) is 6.54 Å². The zero-order valence-electron chi connectivity index (χ0n) is 15.4. The second-order valence-electron chi connectivity index (χ2n) is 6.53. The normalized spacial score (nSPS) is 11.0. The standard InChI is InChI=1S/C21H17ClN4O2/c1-13-3-4-16(11-14(13)2)18-9-10-20(27)26(24-18)12-19-23-21(25-28-19)15-5-7-17(22)8-6-15/h3-11H,12H2,1-2H3. The molecule has 140 valence electrons. The van der Waals surface area contributed by atoms with Gasteiger partial charge in [-0.1, -0.05) is 28.9 Å². The van der Waals surface area contributed by atoms with Crippen molar-refractivity contribution in [2.75, 3.05) is 0 Å². The van der Waals surface area contributed by atoms with Gasteiger partial charge in [0.2, 0.25) is 11.7 Å². The first-order chi connectivity index (χ1) is 13.5. The second kappa shape index (κ2) is 7.40. The van der Waals surface area contributed by atoms with E-state index in [2.05, 4.69) is 28.2 Å². The summed E-state index contributed by atoms with van der Waals surface area (Å²) >= 11 is 5.90. The van der Waals surface area contributed by atoms with Crippen molar-refractivity contribution >= 4 is 11.6 Å². The molecule has 2 aromatic carbocycles. The predicted molar refractivity (Wildman–Crippen MR) is 107 cm³/mol. The van der Waals surface area contributed by atoms with Crippen LogP contribution in [0.25, 0.3) is 22.6 Å². The zero-order valence-corrected chi connectivity index (χ0v) is 16.1. The van der Waals surface area contributed by atoms with Gasteiger partial charge < -0.3 is 4.52 Å². The Morgan fingerprint density at radius 1 is 0.964 bits per heavy atom. The van der Waals surface area contributed by atoms with Crippen LogP contribution in [-0.4, -0.2) is 19.9 Å². The molecule has 0 bridgehead atoms. The molecule has 4 aromatic rings. The van der Waals surface area contributed by atoms with Crippen molar-refractivity contribution in [1.29, 1.82) is 0 Å². The van der Waals surface area contributed by atoms with Crippen LogP contribution in [0.2, 0.25) is 5.02 Å². The van der Waals surface area contributed by atoms with Gasteiger partial charge in [-0.3, -0.25) is 4.79 Å². The van der Waals surface area contributed by atoms with Gasteiger partial charge in [-0.25, -0.2) is 4.68 Å². The Balaban J connectivity index is 1.62. The summed E-state index contributed by atoms with van der Waals surface area (Å²) in [5, 5.41) is 9.06. The summed E-state index contributed by atoms with van der Waals surface area (Å²) in [4.78, 5) is 16.6. The molecule has 0 N–H and O–H groups in total. The minimum absolute atomic E-state index is 0.0953. The Labute approximate surface area is 166 Å². The van der Waals surface area contributed by atoms with E-state index in [1.54, 1.807) is 18.2 Å². The Kier molecular flexibility index (Phi) is 4.79. The third kappa shape index (κ3) is 3.73. The number of aryl methyl sites for hydroxylation is 2. The van der Waals surface area contributed by atoms with Crippen molar-refractivity contribution in [2.45, 2.75) is 20.4 Å². The number of rotatable bonds is 4. The number of hydrogen-bond acceptors (Lipinski definition) is 5. The van der Waals surface area contributed by atoms with Gasteiger partial charge >= 0.3 is 0 Å². The molecule has 0 unspecified atom stereocenters. The summed E-state index contributed by atoms with van der Waals surface area (Å²) < 4.78 is 6.62. The van der Waals surface area contributed by atoms with Crippen molar-refractivity contribution in [3.63, 3.8) is 0 Å². The Hall–Kier alpha value is -3.25. The highest BCUT2D eigenvalue weighted by molar-refractivity contribution is 6.30. The molecule has 0 spiro atoms. The molecule has 0 radical (unpaired) electrons. The summed E-state index contributed by atoms with van der Waals surface area (Å²) in [6, 6.07) is 16.4. The molecule has 0 aliphatic rings. The van der Waals surface area contributed by atoms with Gasteiger partial charge in [0.05, 0.1) is 5.69 Å². The van der Waals surface area contributed by atoms with Crippen LogP contribution in [0.5, 0.6) is 0 Å². The van der Waals surface area contributed by atoms with E-state index in [0.29, 0.717) is 22.4 Å². The van der Waals surface area contributed by atoms with Crippen molar-refractivity contribution in [3.8, 4) is 22.6 Å². The highest BCUT2D eigenvalue weighted by Crippen LogP contribution is 2.20. The number of nitrogens with zero attached hydrogens (tertiary/aromatic N) is 4. The summed E-state index contributed by atoms with van der Waals surface area (Å²) in [5.74, 6) is 0.738. The Morgan fingerprint density at radius 2 is 1.71 bits per heavy atom. The second-order valence-corrected chi connectivity index (χ2v) is 6.97. The topological polar surface area (TPSA) is 73.8 Å². The maximum Gasteiger partial charge on any atom is 0.267 e. The predicted octanol–water partition coefficient (Wildman–Crippen LogP) is 4.28. The van der Waals surface area contributed by atoms with Crippen LogP contribution in [-0.2, 0) is 6.54 Å². The van der Waals surface area contributed by atoms with Gasteiger partial charge in [-0.05, 0) is 61.4 Å². The number of aromatic nitrogens is 4. The molecule has 2 aromatic heterocycles. The Morgan fingerprint density at radius 3 is 2.46 bits per heavy atom. The highest BCUT2D eigenvalue weighted by atomic mass is 35.5. The smallest absolute Gasteiger partial charge is 0.267 e. The van der Waals surface area contributed by atoms with E-state index in [1.165, 1.54) is 21.9 Å². The average Bonchev–Trinajstić information content (AvgIpc) is 3.15. The molecule has 0 saturated heterocycles. The third-order valence-electron chi connectivity index (χ3n) is 4.52. The molecular formula is C21H17ClN4O2. The summed E-state index contributed by atoms with van der Waals surface area (Å²) in [7, 11) is 0. The minimum atomic E-state index is -0.237. The fourth-order valence-corrected chi connectivity index (χ4v) is 2.91. The molecule has 0 atom stereocenters. The maximum atomic E-state index is 12.2. The van der Waals surface area contributed by atoms with Crippen LogP contribution < -0.4 is 5.56 Å². The number of halogens is 1. The molecule has 0 aliphatic carbocycles. The molecular weight excluding hydrogens is 376 g/mol. The van der Waals surface area contributed by atoms with E-state index in [-0.39, 0.29) is 12.1 Å². The maximum absolute atomic E-state index is 12.2. The summed E-state index contributed by atoms with van der Waals surface area (Å²) in [6.45, 7) is 4.20. The quantitative estimate of drug-likeness (QED) is 0.518. The zero-order chi connectivity index (χ0) is 19.7. The van der Waals surface area contributed by atoms with Crippen LogP contribution in [0.15, 0.2) is 63.9 Å². The fourth-order valence-electron chi connectivity index (χ4n) is 2.78. The van der Waals surface area contributed by atoms with Crippen LogP contribution in [0.1, 0.15) is 17.0 Å². The van der Waals surface area contributed by atoms with Crippen molar-refractivity contribution in [3.05, 3.63) is 87.0 Å². The fraction of sp³-hybridized carbons (Fsp3) is 0.143. The van der Waals surface area contributed by atoms with Crippen LogP contribution in [0, 0.1) is 13.8 Å². The first kappa shape index (κ1) is 18.1. The first-order valence-corrected chi connectivity index (χ1v) is 9.12. The van der Waals surface area contributed by atoms with Crippen LogP contribution in [0.3, 0.4) is 0 Å². The molecule has 0 saturated carbocycles. The molecule has 0 aliphatic heterocycles. The lowest BCUT2D eigenvalue weighted by Gasteiger charge is -2.07. The first-order valence-electron chi connectivity index (χ1n) is 8.74. The van der Waals surface area contributed by atoms with Crippen molar-refractivity contribution in [1.82, 2.24) is 19.9 Å². The van der Waals surface area contributed by atoms with Gasteiger partial charge in [-0.2, -0.15) is 10.1 Å². The molecule has 6 nitrogen and oxygen atoms in total. The van der Waals surface area contributed by atoms with E-state index in [4.69, 9.17) is 16.1 Å². The molecule has 7 heteroatoms. The minimum Gasteiger partial charge on any atom is -0.337 e. The largest absolute Gasteiger partial charge is 0.337 e. The van der Waals surface area contributed by atoms with Gasteiger partial charge in [0, 0.05) is 22.2 Å². The van der Waals surface area contributed by atoms with E-state index >= 15 is 0 Å². The number of benzene rings is 2. The lowest BCUT2D eigenvalue weighted by molar-refractivity contribution is 0.363. The van der Waals surface area contributed by atoms with Crippen LogP contribution >= 0.6 is 11.6 Å². The highest BCUT2D eigenvalue weighted by Gasteiger charge is 2.12. The van der Waals surface area contributed by atoms with E-state index in [1.807, 2.05) is 31.2 Å². The molecule has 2 heterocycles. The van der Waals surface area contributed by atoms with E-state index in [0.717, 1.165) is 11.1 Å². The van der Waals surface area contributed by atoms with Crippen LogP contribution in [0.4, 0.5) is 0 Å². The molecule has 0 amide bonds. The van der Waals surface area contributed by atoms with Gasteiger partial charge in [0.15, 0.2) is 0 Å². The lowest BCUT2D eigenvalue weighted by atomic mass is 10.0. The van der Waals surface area contributed by atoms with Gasteiger partial charge in [0.25, 0.3) is 5.56 Å². The molecule has 28 heavy (non-hydrogen) atoms. The summed E-state index contributed by atoms with van der Waals surface area (Å²) in [6.07, 6.45) is 0. The number of hydrogen-bond donors (Lipinski definition) is 0. The van der Waals surface area contributed by atoms with Crippen molar-refractivity contribution in [2.24, 2.45) is 0 Å². The Bertz CT molecular complexity index is 1200. The summed E-state index contributed by atoms with van der Waals surface area (Å²) in [5.41, 5.74) is 4.58. The lowest BCUT2D eigenvalue weighted by Crippen LogP contribution is -2.23. The SMILES string of the molecule is Cc1ccc(-c2ccc(=O)n(Cc3nc(-c4ccc(Cl)cc4)no3)n2)cc1C. The van der Waals surface area contributed by atoms with Crippen molar-refractivity contribution < 1.29 is 4.52 Å². The van der Waals surface area contributed by atoms with E-state index < -0.39 is 0 Å².